The number of benzene rings is 1. The molecule has 0 heterocycles. The molecule has 2 nitrogen and oxygen atoms in total. The van der Waals surface area contributed by atoms with Crippen molar-refractivity contribution in [1.29, 1.82) is 0 Å². The lowest BCUT2D eigenvalue weighted by molar-refractivity contribution is -0.137. The van der Waals surface area contributed by atoms with E-state index in [1.165, 1.54) is 37.8 Å². The summed E-state index contributed by atoms with van der Waals surface area (Å²) in [5.41, 5.74) is 2.60. The molecule has 0 radical (unpaired) electrons. The fourth-order valence-corrected chi connectivity index (χ4v) is 3.88. The average Bonchev–Trinajstić information content (AvgIpc) is 2.92. The minimum Gasteiger partial charge on any atom is -0.271 e. The van der Waals surface area contributed by atoms with Gasteiger partial charge >= 0.3 is 6.18 Å². The summed E-state index contributed by atoms with van der Waals surface area (Å²) in [7, 11) is 0. The molecule has 1 fully saturated rings. The van der Waals surface area contributed by atoms with Crippen LogP contribution in [0.4, 0.5) is 13.2 Å². The molecule has 20 heavy (non-hydrogen) atoms. The molecule has 0 aliphatic heterocycles. The topological polar surface area (TPSA) is 38.0 Å². The van der Waals surface area contributed by atoms with Crippen molar-refractivity contribution in [2.24, 2.45) is 5.84 Å². The fraction of sp³-hybridized carbons (Fsp3) is 0.571. The summed E-state index contributed by atoms with van der Waals surface area (Å²) in [6, 6.07) is 5.14. The van der Waals surface area contributed by atoms with Crippen LogP contribution in [0.2, 0.25) is 0 Å². The number of nitrogens with one attached hydrogen (secondary N) is 1. The lowest BCUT2D eigenvalue weighted by Crippen LogP contribution is -2.30. The maximum absolute atomic E-state index is 12.7. The number of hydrazine groups is 1. The molecule has 0 bridgehead atoms. The third kappa shape index (κ3) is 4.14. The first-order valence-corrected chi connectivity index (χ1v) is 7.80. The molecule has 1 saturated carbocycles. The highest BCUT2D eigenvalue weighted by molar-refractivity contribution is 7.99. The Bertz CT molecular complexity index is 431. The van der Waals surface area contributed by atoms with E-state index in [9.17, 15) is 13.2 Å². The first kappa shape index (κ1) is 15.7. The second-order valence-corrected chi connectivity index (χ2v) is 6.42. The molecular formula is C14H19F3N2S. The van der Waals surface area contributed by atoms with Gasteiger partial charge in [0.2, 0.25) is 0 Å². The zero-order chi connectivity index (χ0) is 14.6. The summed E-state index contributed by atoms with van der Waals surface area (Å²) >= 11 is 1.80. The maximum atomic E-state index is 12.7. The van der Waals surface area contributed by atoms with E-state index in [2.05, 4.69) is 5.43 Å². The number of alkyl halides is 3. The Morgan fingerprint density at radius 2 is 2.00 bits per heavy atom. The molecular weight excluding hydrogens is 285 g/mol. The molecule has 6 heteroatoms. The van der Waals surface area contributed by atoms with Gasteiger partial charge in [0.25, 0.3) is 0 Å². The van der Waals surface area contributed by atoms with E-state index in [1.807, 2.05) is 0 Å². The summed E-state index contributed by atoms with van der Waals surface area (Å²) in [5.74, 6) is 6.20. The van der Waals surface area contributed by atoms with Crippen molar-refractivity contribution in [2.45, 2.75) is 43.2 Å². The minimum absolute atomic E-state index is 0.247. The molecule has 1 atom stereocenters. The summed E-state index contributed by atoms with van der Waals surface area (Å²) in [6.07, 6.45) is 0.590. The van der Waals surface area contributed by atoms with Gasteiger partial charge in [-0.3, -0.25) is 11.3 Å². The highest BCUT2D eigenvalue weighted by Crippen LogP contribution is 2.34. The van der Waals surface area contributed by atoms with Gasteiger partial charge in [-0.15, -0.1) is 0 Å². The van der Waals surface area contributed by atoms with Crippen molar-refractivity contribution in [1.82, 2.24) is 5.43 Å². The van der Waals surface area contributed by atoms with E-state index < -0.39 is 11.7 Å². The Morgan fingerprint density at radius 3 is 2.60 bits per heavy atom. The second kappa shape index (κ2) is 6.83. The molecule has 112 valence electrons. The summed E-state index contributed by atoms with van der Waals surface area (Å²) in [6.45, 7) is 0. The highest BCUT2D eigenvalue weighted by atomic mass is 32.2. The molecule has 1 unspecified atom stereocenters. The first-order valence-electron chi connectivity index (χ1n) is 6.75. The minimum atomic E-state index is -4.31. The lowest BCUT2D eigenvalue weighted by Gasteiger charge is -2.19. The van der Waals surface area contributed by atoms with E-state index in [0.29, 0.717) is 16.6 Å². The number of halogens is 3. The number of hydrogen-bond acceptors (Lipinski definition) is 3. The van der Waals surface area contributed by atoms with E-state index in [1.54, 1.807) is 17.8 Å². The van der Waals surface area contributed by atoms with Crippen LogP contribution in [-0.2, 0) is 6.18 Å². The average molecular weight is 304 g/mol. The van der Waals surface area contributed by atoms with Gasteiger partial charge in [0.15, 0.2) is 0 Å². The smallest absolute Gasteiger partial charge is 0.271 e. The van der Waals surface area contributed by atoms with Crippen LogP contribution in [0.1, 0.15) is 42.9 Å². The molecule has 2 rings (SSSR count). The van der Waals surface area contributed by atoms with E-state index in [4.69, 9.17) is 5.84 Å². The quantitative estimate of drug-likeness (QED) is 0.640. The zero-order valence-electron chi connectivity index (χ0n) is 11.1. The Labute approximate surface area is 121 Å². The van der Waals surface area contributed by atoms with Crippen LogP contribution in [0, 0.1) is 0 Å². The highest BCUT2D eigenvalue weighted by Gasteiger charge is 2.31. The van der Waals surface area contributed by atoms with Crippen LogP contribution in [0.5, 0.6) is 0 Å². The fourth-order valence-electron chi connectivity index (χ4n) is 2.46. The van der Waals surface area contributed by atoms with Gasteiger partial charge in [-0.2, -0.15) is 24.9 Å². The first-order chi connectivity index (χ1) is 9.50. The Hall–Kier alpha value is -0.720. The SMILES string of the molecule is NNC(CSC1CCCC1)c1cccc(C(F)(F)F)c1. The molecule has 0 amide bonds. The van der Waals surface area contributed by atoms with Crippen LogP contribution >= 0.6 is 11.8 Å². The van der Waals surface area contributed by atoms with Crippen LogP contribution in [0.15, 0.2) is 24.3 Å². The van der Waals surface area contributed by atoms with Gasteiger partial charge in [0, 0.05) is 11.0 Å². The Morgan fingerprint density at radius 1 is 1.30 bits per heavy atom. The van der Waals surface area contributed by atoms with Crippen LogP contribution < -0.4 is 11.3 Å². The van der Waals surface area contributed by atoms with Gasteiger partial charge in [-0.05, 0) is 30.5 Å². The largest absolute Gasteiger partial charge is 0.416 e. The maximum Gasteiger partial charge on any atom is 0.416 e. The number of hydrogen-bond donors (Lipinski definition) is 2. The normalized spacial score (nSPS) is 18.4. The van der Waals surface area contributed by atoms with Gasteiger partial charge in [-0.25, -0.2) is 0 Å². The van der Waals surface area contributed by atoms with E-state index >= 15 is 0 Å². The molecule has 1 aromatic carbocycles. The number of nitrogens with two attached hydrogens (primary N) is 1. The number of thioether (sulfide) groups is 1. The van der Waals surface area contributed by atoms with Crippen molar-refractivity contribution in [3.8, 4) is 0 Å². The molecule has 1 aromatic rings. The molecule has 0 saturated heterocycles. The van der Waals surface area contributed by atoms with Crippen LogP contribution in [-0.4, -0.2) is 11.0 Å². The van der Waals surface area contributed by atoms with Crippen molar-refractivity contribution < 1.29 is 13.2 Å². The van der Waals surface area contributed by atoms with E-state index in [-0.39, 0.29) is 6.04 Å². The lowest BCUT2D eigenvalue weighted by atomic mass is 10.1. The summed E-state index contributed by atoms with van der Waals surface area (Å²) in [5, 5.41) is 0.622. The van der Waals surface area contributed by atoms with E-state index in [0.717, 1.165) is 6.07 Å². The van der Waals surface area contributed by atoms with Gasteiger partial charge in [0.05, 0.1) is 11.6 Å². The Kier molecular flexibility index (Phi) is 5.35. The molecule has 1 aliphatic rings. The van der Waals surface area contributed by atoms with Crippen LogP contribution in [0.25, 0.3) is 0 Å². The molecule has 0 aromatic heterocycles. The predicted molar refractivity (Wildman–Crippen MR) is 76.2 cm³/mol. The van der Waals surface area contributed by atoms with Crippen molar-refractivity contribution in [2.75, 3.05) is 5.75 Å². The van der Waals surface area contributed by atoms with Crippen molar-refractivity contribution >= 4 is 11.8 Å². The molecule has 1 aliphatic carbocycles. The van der Waals surface area contributed by atoms with Crippen LogP contribution in [0.3, 0.4) is 0 Å². The second-order valence-electron chi connectivity index (χ2n) is 5.08. The van der Waals surface area contributed by atoms with Gasteiger partial charge < -0.3 is 0 Å². The third-order valence-electron chi connectivity index (χ3n) is 3.62. The third-order valence-corrected chi connectivity index (χ3v) is 5.09. The predicted octanol–water partition coefficient (Wildman–Crippen LogP) is 3.89. The molecule has 3 N–H and O–H groups in total. The molecule has 0 spiro atoms. The number of rotatable bonds is 5. The Balaban J connectivity index is 2.02. The van der Waals surface area contributed by atoms with Gasteiger partial charge in [-0.1, -0.05) is 25.0 Å². The van der Waals surface area contributed by atoms with Gasteiger partial charge in [0.1, 0.15) is 0 Å². The van der Waals surface area contributed by atoms with Crippen molar-refractivity contribution in [3.05, 3.63) is 35.4 Å². The summed E-state index contributed by atoms with van der Waals surface area (Å²) in [4.78, 5) is 0. The summed E-state index contributed by atoms with van der Waals surface area (Å²) < 4.78 is 38.1. The monoisotopic (exact) mass is 304 g/mol. The zero-order valence-corrected chi connectivity index (χ0v) is 11.9. The standard InChI is InChI=1S/C14H19F3N2S/c15-14(16,17)11-5-3-4-10(8-11)13(19-18)9-20-12-6-1-2-7-12/h3-5,8,12-13,19H,1-2,6-7,9,18H2. The van der Waals surface area contributed by atoms with Crippen molar-refractivity contribution in [3.63, 3.8) is 0 Å².